The Bertz CT molecular complexity index is 1540. The highest BCUT2D eigenvalue weighted by molar-refractivity contribution is 7.17. The monoisotopic (exact) mass is 394 g/mol. The van der Waals surface area contributed by atoms with Gasteiger partial charge in [0, 0.05) is 16.3 Å². The van der Waals surface area contributed by atoms with Gasteiger partial charge in [0.2, 0.25) is 0 Å². The maximum atomic E-state index is 6.24. The summed E-state index contributed by atoms with van der Waals surface area (Å²) in [6.45, 7) is 4.40. The third kappa shape index (κ3) is 2.49. The molecule has 0 saturated heterocycles. The lowest BCUT2D eigenvalue weighted by molar-refractivity contribution is 0.669. The zero-order valence-electron chi connectivity index (χ0n) is 16.1. The summed E-state index contributed by atoms with van der Waals surface area (Å²) < 4.78 is 7.37. The summed E-state index contributed by atoms with van der Waals surface area (Å²) in [7, 11) is 0. The molecule has 0 saturated carbocycles. The number of hydrogen-bond donors (Lipinski definition) is 0. The lowest BCUT2D eigenvalue weighted by Gasteiger charge is -2.04. The fourth-order valence-corrected chi connectivity index (χ4v) is 5.29. The van der Waals surface area contributed by atoms with Gasteiger partial charge in [0.25, 0.3) is 0 Å². The van der Waals surface area contributed by atoms with Crippen LogP contribution in [0.3, 0.4) is 0 Å². The zero-order valence-corrected chi connectivity index (χ0v) is 17.0. The van der Waals surface area contributed by atoms with Crippen molar-refractivity contribution in [3.63, 3.8) is 0 Å². The van der Waals surface area contributed by atoms with Gasteiger partial charge >= 0.3 is 0 Å². The van der Waals surface area contributed by atoms with Crippen molar-refractivity contribution < 1.29 is 4.42 Å². The topological polar surface area (TPSA) is 38.9 Å². The van der Waals surface area contributed by atoms with E-state index >= 15 is 0 Å². The summed E-state index contributed by atoms with van der Waals surface area (Å²) in [4.78, 5) is 9.17. The summed E-state index contributed by atoms with van der Waals surface area (Å²) in [6.07, 6.45) is 1.67. The van der Waals surface area contributed by atoms with E-state index in [0.717, 1.165) is 43.4 Å². The first-order valence-electron chi connectivity index (χ1n) is 9.76. The minimum absolute atomic E-state index is 0.443. The van der Waals surface area contributed by atoms with E-state index in [0.29, 0.717) is 5.92 Å². The Morgan fingerprint density at radius 2 is 1.66 bits per heavy atom. The normalized spacial score (nSPS) is 12.1. The Kier molecular flexibility index (Phi) is 3.53. The SMILES string of the molecule is CC(C)c1csc2c(-c3ccc4c(c3)oc3cc5ccccc5cc34)ncnc12. The first kappa shape index (κ1) is 16.7. The number of thiophene rings is 1. The van der Waals surface area contributed by atoms with Crippen LogP contribution in [0.4, 0.5) is 0 Å². The number of furan rings is 1. The van der Waals surface area contributed by atoms with Crippen LogP contribution in [0.25, 0.3) is 54.2 Å². The van der Waals surface area contributed by atoms with Gasteiger partial charge in [0.15, 0.2) is 0 Å². The summed E-state index contributed by atoms with van der Waals surface area (Å²) in [5.74, 6) is 0.443. The van der Waals surface area contributed by atoms with E-state index in [4.69, 9.17) is 4.42 Å². The Labute approximate surface area is 171 Å². The van der Waals surface area contributed by atoms with E-state index in [2.05, 4.69) is 83.8 Å². The van der Waals surface area contributed by atoms with Gasteiger partial charge in [0.05, 0.1) is 15.9 Å². The zero-order chi connectivity index (χ0) is 19.5. The molecule has 3 heterocycles. The molecule has 0 spiro atoms. The quantitative estimate of drug-likeness (QED) is 0.304. The second-order valence-corrected chi connectivity index (χ2v) is 8.63. The second kappa shape index (κ2) is 6.13. The molecule has 0 unspecified atom stereocenters. The molecule has 3 nitrogen and oxygen atoms in total. The number of hydrogen-bond acceptors (Lipinski definition) is 4. The second-order valence-electron chi connectivity index (χ2n) is 7.75. The molecule has 0 aliphatic carbocycles. The van der Waals surface area contributed by atoms with Gasteiger partial charge in [-0.15, -0.1) is 11.3 Å². The van der Waals surface area contributed by atoms with Crippen LogP contribution in [0.1, 0.15) is 25.3 Å². The summed E-state index contributed by atoms with van der Waals surface area (Å²) in [5, 5.41) is 6.91. The van der Waals surface area contributed by atoms with Crippen molar-refractivity contribution in [2.75, 3.05) is 0 Å². The number of aromatic nitrogens is 2. The van der Waals surface area contributed by atoms with Gasteiger partial charge in [0.1, 0.15) is 17.5 Å². The first-order valence-corrected chi connectivity index (χ1v) is 10.6. The van der Waals surface area contributed by atoms with Gasteiger partial charge in [-0.1, -0.05) is 44.2 Å². The van der Waals surface area contributed by atoms with Crippen molar-refractivity contribution in [2.45, 2.75) is 19.8 Å². The molecule has 6 rings (SSSR count). The van der Waals surface area contributed by atoms with Gasteiger partial charge < -0.3 is 4.42 Å². The Hall–Kier alpha value is -3.24. The Balaban J connectivity index is 1.58. The highest BCUT2D eigenvalue weighted by atomic mass is 32.1. The van der Waals surface area contributed by atoms with E-state index in [1.807, 2.05) is 0 Å². The number of fused-ring (bicyclic) bond motifs is 5. The van der Waals surface area contributed by atoms with Crippen molar-refractivity contribution in [2.24, 2.45) is 0 Å². The maximum absolute atomic E-state index is 6.24. The van der Waals surface area contributed by atoms with E-state index < -0.39 is 0 Å². The fraction of sp³-hybridized carbons (Fsp3) is 0.120. The van der Waals surface area contributed by atoms with Crippen LogP contribution < -0.4 is 0 Å². The van der Waals surface area contributed by atoms with Crippen LogP contribution in [0.15, 0.2) is 70.7 Å². The maximum Gasteiger partial charge on any atom is 0.136 e. The minimum Gasteiger partial charge on any atom is -0.456 e. The molecule has 3 aromatic carbocycles. The van der Waals surface area contributed by atoms with Crippen molar-refractivity contribution in [3.8, 4) is 11.3 Å². The van der Waals surface area contributed by atoms with E-state index in [9.17, 15) is 0 Å². The third-order valence-corrected chi connectivity index (χ3v) is 6.61. The molecule has 4 heteroatoms. The molecule has 140 valence electrons. The average molecular weight is 394 g/mol. The van der Waals surface area contributed by atoms with Crippen LogP contribution in [-0.2, 0) is 0 Å². The average Bonchev–Trinajstić information content (AvgIpc) is 3.32. The summed E-state index contributed by atoms with van der Waals surface area (Å²) in [5.41, 5.74) is 6.18. The third-order valence-electron chi connectivity index (χ3n) is 5.62. The molecule has 3 aromatic heterocycles. The predicted molar refractivity (Wildman–Crippen MR) is 122 cm³/mol. The lowest BCUT2D eigenvalue weighted by atomic mass is 10.0. The number of rotatable bonds is 2. The van der Waals surface area contributed by atoms with E-state index in [1.165, 1.54) is 16.3 Å². The predicted octanol–water partition coefficient (Wildman–Crippen LogP) is 7.53. The lowest BCUT2D eigenvalue weighted by Crippen LogP contribution is -1.90. The van der Waals surface area contributed by atoms with Crippen LogP contribution in [-0.4, -0.2) is 9.97 Å². The van der Waals surface area contributed by atoms with Crippen LogP contribution in [0.2, 0.25) is 0 Å². The van der Waals surface area contributed by atoms with E-state index in [1.54, 1.807) is 17.7 Å². The fourth-order valence-electron chi connectivity index (χ4n) is 4.09. The molecule has 6 aromatic rings. The molecule has 0 amide bonds. The van der Waals surface area contributed by atoms with Gasteiger partial charge in [-0.25, -0.2) is 9.97 Å². The molecule has 0 atom stereocenters. The molecular weight excluding hydrogens is 376 g/mol. The molecule has 0 N–H and O–H groups in total. The van der Waals surface area contributed by atoms with Gasteiger partial charge in [-0.05, 0) is 51.9 Å². The molecular formula is C25H18N2OS. The highest BCUT2D eigenvalue weighted by Gasteiger charge is 2.16. The summed E-state index contributed by atoms with van der Waals surface area (Å²) >= 11 is 1.72. The molecule has 0 fully saturated rings. The van der Waals surface area contributed by atoms with Crippen LogP contribution in [0, 0.1) is 0 Å². The molecule has 0 bridgehead atoms. The first-order chi connectivity index (χ1) is 14.2. The summed E-state index contributed by atoms with van der Waals surface area (Å²) in [6, 6.07) is 19.1. The molecule has 0 aliphatic heterocycles. The molecule has 0 aliphatic rings. The van der Waals surface area contributed by atoms with E-state index in [-0.39, 0.29) is 0 Å². The Morgan fingerprint density at radius 1 is 0.862 bits per heavy atom. The Morgan fingerprint density at radius 3 is 2.48 bits per heavy atom. The van der Waals surface area contributed by atoms with Crippen molar-refractivity contribution >= 4 is 54.3 Å². The van der Waals surface area contributed by atoms with Gasteiger partial charge in [-0.2, -0.15) is 0 Å². The molecule has 0 radical (unpaired) electrons. The smallest absolute Gasteiger partial charge is 0.136 e. The highest BCUT2D eigenvalue weighted by Crippen LogP contribution is 2.38. The minimum atomic E-state index is 0.443. The largest absolute Gasteiger partial charge is 0.456 e. The molecule has 29 heavy (non-hydrogen) atoms. The van der Waals surface area contributed by atoms with Crippen molar-refractivity contribution in [1.82, 2.24) is 9.97 Å². The van der Waals surface area contributed by atoms with Crippen molar-refractivity contribution in [3.05, 3.63) is 71.9 Å². The van der Waals surface area contributed by atoms with Crippen molar-refractivity contribution in [1.29, 1.82) is 0 Å². The number of nitrogens with zero attached hydrogens (tertiary/aromatic N) is 2. The van der Waals surface area contributed by atoms with Gasteiger partial charge in [-0.3, -0.25) is 0 Å². The standard InChI is InChI=1S/C25H18N2OS/c1-14(2)20-12-29-25-23(26-13-27-24(20)25)17-7-8-18-19-9-15-5-3-4-6-16(15)10-22(19)28-21(18)11-17/h3-14H,1-2H3. The van der Waals surface area contributed by atoms with Crippen LogP contribution >= 0.6 is 11.3 Å². The number of benzene rings is 3. The van der Waals surface area contributed by atoms with Crippen LogP contribution in [0.5, 0.6) is 0 Å².